The highest BCUT2D eigenvalue weighted by molar-refractivity contribution is 7.80. The van der Waals surface area contributed by atoms with Crippen LogP contribution in [0, 0.1) is 0 Å². The largest absolute Gasteiger partial charge is 0.438 e. The van der Waals surface area contributed by atoms with Gasteiger partial charge in [-0.2, -0.15) is 0 Å². The van der Waals surface area contributed by atoms with Crippen molar-refractivity contribution < 1.29 is 14.3 Å². The normalized spacial score (nSPS) is 8.70. The first-order valence-corrected chi connectivity index (χ1v) is 3.31. The lowest BCUT2D eigenvalue weighted by molar-refractivity contribution is 0.138. The van der Waals surface area contributed by atoms with Crippen molar-refractivity contribution in [1.29, 1.82) is 0 Å². The lowest BCUT2D eigenvalue weighted by Crippen LogP contribution is -2.29. The van der Waals surface area contributed by atoms with Crippen LogP contribution in [0.5, 0.6) is 0 Å². The average Bonchev–Trinajstić information content (AvgIpc) is 1.87. The maximum atomic E-state index is 10.5. The Labute approximate surface area is 68.5 Å². The van der Waals surface area contributed by atoms with Gasteiger partial charge in [0.05, 0.1) is 0 Å². The molecule has 0 atom stereocenters. The van der Waals surface area contributed by atoms with E-state index in [1.807, 2.05) is 0 Å². The summed E-state index contributed by atoms with van der Waals surface area (Å²) in [5.74, 6) is -0.0760. The maximum Gasteiger partial charge on any atom is 0.418 e. The molecule has 0 saturated carbocycles. The van der Waals surface area contributed by atoms with E-state index in [0.29, 0.717) is 4.90 Å². The molecule has 0 fully saturated rings. The van der Waals surface area contributed by atoms with E-state index >= 15 is 0 Å². The van der Waals surface area contributed by atoms with Crippen molar-refractivity contribution in [3.8, 4) is 0 Å². The van der Waals surface area contributed by atoms with Crippen molar-refractivity contribution in [3.05, 3.63) is 0 Å². The maximum absolute atomic E-state index is 10.5. The monoisotopic (exact) mass is 183 g/mol. The van der Waals surface area contributed by atoms with E-state index in [1.54, 1.807) is 0 Å². The number of halogens is 1. The van der Waals surface area contributed by atoms with Gasteiger partial charge in [-0.25, -0.2) is 9.69 Å². The van der Waals surface area contributed by atoms with Gasteiger partial charge >= 0.3 is 11.5 Å². The van der Waals surface area contributed by atoms with Crippen molar-refractivity contribution in [2.75, 3.05) is 13.0 Å². The van der Waals surface area contributed by atoms with E-state index in [-0.39, 0.29) is 5.94 Å². The highest BCUT2D eigenvalue weighted by Gasteiger charge is 2.14. The summed E-state index contributed by atoms with van der Waals surface area (Å²) in [6.07, 6.45) is -0.810. The highest BCUT2D eigenvalue weighted by Crippen LogP contribution is 1.96. The second-order valence-corrected chi connectivity index (χ2v) is 1.93. The summed E-state index contributed by atoms with van der Waals surface area (Å²) in [4.78, 5) is 21.4. The first-order chi connectivity index (χ1) is 4.59. The summed E-state index contributed by atoms with van der Waals surface area (Å²) in [7, 11) is 1.21. The smallest absolute Gasteiger partial charge is 0.418 e. The van der Waals surface area contributed by atoms with Crippen molar-refractivity contribution in [2.45, 2.75) is 0 Å². The van der Waals surface area contributed by atoms with Crippen LogP contribution < -0.4 is 0 Å². The number of amides is 2. The summed E-state index contributed by atoms with van der Waals surface area (Å²) >= 11 is 8.52. The van der Waals surface area contributed by atoms with E-state index in [1.165, 1.54) is 7.05 Å². The topological polar surface area (TPSA) is 46.6 Å². The van der Waals surface area contributed by atoms with Gasteiger partial charge in [0.1, 0.15) is 5.94 Å². The number of imide groups is 1. The summed E-state index contributed by atoms with van der Waals surface area (Å²) in [5.41, 5.74) is 0. The fourth-order valence-electron chi connectivity index (χ4n) is 0.224. The van der Waals surface area contributed by atoms with Crippen molar-refractivity contribution in [3.63, 3.8) is 0 Å². The van der Waals surface area contributed by atoms with Crippen molar-refractivity contribution in [2.24, 2.45) is 0 Å². The fourth-order valence-corrected chi connectivity index (χ4v) is 0.403. The zero-order chi connectivity index (χ0) is 8.15. The van der Waals surface area contributed by atoms with Gasteiger partial charge in [0, 0.05) is 7.05 Å². The fraction of sp³-hybridized carbons (Fsp3) is 0.500. The molecule has 10 heavy (non-hydrogen) atoms. The molecule has 0 radical (unpaired) electrons. The number of hydrogen-bond donors (Lipinski definition) is 1. The molecule has 0 aromatic rings. The Kier molecular flexibility index (Phi) is 4.22. The third-order valence-corrected chi connectivity index (χ3v) is 1.11. The lowest BCUT2D eigenvalue weighted by Gasteiger charge is -2.09. The van der Waals surface area contributed by atoms with Gasteiger partial charge < -0.3 is 4.74 Å². The molecule has 0 saturated heterocycles. The first-order valence-electron chi connectivity index (χ1n) is 2.30. The Morgan fingerprint density at radius 1 is 1.70 bits per heavy atom. The molecule has 0 bridgehead atoms. The predicted octanol–water partition coefficient (Wildman–Crippen LogP) is 1.30. The molecule has 0 unspecified atom stereocenters. The minimum Gasteiger partial charge on any atom is -0.438 e. The molecule has 0 aliphatic carbocycles. The van der Waals surface area contributed by atoms with E-state index in [4.69, 9.17) is 11.6 Å². The van der Waals surface area contributed by atoms with Gasteiger partial charge in [0.25, 0.3) is 0 Å². The van der Waals surface area contributed by atoms with E-state index in [9.17, 15) is 9.59 Å². The second kappa shape index (κ2) is 4.40. The molecule has 0 aliphatic rings. The van der Waals surface area contributed by atoms with E-state index in [0.717, 1.165) is 0 Å². The molecule has 58 valence electrons. The number of ether oxygens (including phenoxy) is 1. The predicted molar refractivity (Wildman–Crippen MR) is 39.3 cm³/mol. The van der Waals surface area contributed by atoms with Crippen LogP contribution in [0.25, 0.3) is 0 Å². The molecular formula is C4H6ClNO3S. The first kappa shape index (κ1) is 9.58. The number of hydrogen-bond acceptors (Lipinski definition) is 4. The molecular weight excluding hydrogens is 178 g/mol. The Morgan fingerprint density at radius 2 is 2.20 bits per heavy atom. The van der Waals surface area contributed by atoms with Crippen LogP contribution in [-0.2, 0) is 4.74 Å². The molecule has 0 aromatic carbocycles. The molecule has 0 aromatic heterocycles. The van der Waals surface area contributed by atoms with E-state index < -0.39 is 11.5 Å². The van der Waals surface area contributed by atoms with Gasteiger partial charge in [-0.1, -0.05) is 0 Å². The van der Waals surface area contributed by atoms with Crippen molar-refractivity contribution >= 4 is 35.7 Å². The molecule has 0 spiro atoms. The number of carbonyl (C=O) groups is 2. The van der Waals surface area contributed by atoms with Gasteiger partial charge in [0.15, 0.2) is 0 Å². The number of thiol groups is 1. The van der Waals surface area contributed by atoms with Crippen LogP contribution >= 0.6 is 24.2 Å². The molecule has 2 amide bonds. The minimum absolute atomic E-state index is 0.0760. The minimum atomic E-state index is -0.883. The number of carbonyl (C=O) groups excluding carboxylic acids is 2. The zero-order valence-electron chi connectivity index (χ0n) is 5.20. The summed E-state index contributed by atoms with van der Waals surface area (Å²) < 4.78 is 4.31. The van der Waals surface area contributed by atoms with Gasteiger partial charge in [0.2, 0.25) is 0 Å². The Hall–Kier alpha value is -0.420. The van der Waals surface area contributed by atoms with Crippen LogP contribution in [-0.4, -0.2) is 29.3 Å². The molecule has 0 rings (SSSR count). The quantitative estimate of drug-likeness (QED) is 0.289. The molecule has 6 heteroatoms. The van der Waals surface area contributed by atoms with Crippen LogP contribution in [0.1, 0.15) is 0 Å². The average molecular weight is 184 g/mol. The Morgan fingerprint density at radius 3 is 2.50 bits per heavy atom. The van der Waals surface area contributed by atoms with Crippen LogP contribution in [0.4, 0.5) is 9.59 Å². The Bertz CT molecular complexity index is 151. The highest BCUT2D eigenvalue weighted by atomic mass is 35.5. The van der Waals surface area contributed by atoms with Crippen molar-refractivity contribution in [1.82, 2.24) is 4.90 Å². The second-order valence-electron chi connectivity index (χ2n) is 1.35. The molecule has 4 nitrogen and oxygen atoms in total. The standard InChI is InChI=1S/C4H6ClNO3S/c1-6(3(5)7)4(8)9-2-10/h10H,2H2,1H3. The number of rotatable bonds is 1. The van der Waals surface area contributed by atoms with Gasteiger partial charge in [-0.3, -0.25) is 4.79 Å². The number of nitrogens with zero attached hydrogens (tertiary/aromatic N) is 1. The van der Waals surface area contributed by atoms with Crippen LogP contribution in [0.2, 0.25) is 0 Å². The molecule has 0 heterocycles. The summed E-state index contributed by atoms with van der Waals surface area (Å²) in [6, 6.07) is 0. The Balaban J connectivity index is 3.82. The third kappa shape index (κ3) is 2.93. The van der Waals surface area contributed by atoms with Gasteiger partial charge in [-0.15, -0.1) is 12.6 Å². The van der Waals surface area contributed by atoms with Crippen LogP contribution in [0.3, 0.4) is 0 Å². The third-order valence-electron chi connectivity index (χ3n) is 0.726. The molecule has 0 aliphatic heterocycles. The van der Waals surface area contributed by atoms with Crippen LogP contribution in [0.15, 0.2) is 0 Å². The summed E-state index contributed by atoms with van der Waals surface area (Å²) in [6.45, 7) is 0. The zero-order valence-corrected chi connectivity index (χ0v) is 6.85. The SMILES string of the molecule is CN(C(=O)Cl)C(=O)OCS. The lowest BCUT2D eigenvalue weighted by atomic mass is 10.9. The van der Waals surface area contributed by atoms with E-state index in [2.05, 4.69) is 17.4 Å². The van der Waals surface area contributed by atoms with Gasteiger partial charge in [-0.05, 0) is 11.6 Å². The summed E-state index contributed by atoms with van der Waals surface area (Å²) in [5, 5.41) is -0.883. The molecule has 0 N–H and O–H groups in total.